The monoisotopic (exact) mass is 338 g/mol. The quantitative estimate of drug-likeness (QED) is 0.834. The molecular formula is C15H19FN4O2S. The third-order valence-corrected chi connectivity index (χ3v) is 6.05. The van der Waals surface area contributed by atoms with Gasteiger partial charge in [0.15, 0.2) is 0 Å². The first kappa shape index (κ1) is 16.1. The molecule has 1 aliphatic rings. The minimum Gasteiger partial charge on any atom is -0.333 e. The van der Waals surface area contributed by atoms with Gasteiger partial charge in [-0.15, -0.1) is 0 Å². The van der Waals surface area contributed by atoms with Crippen molar-refractivity contribution in [3.8, 4) is 0 Å². The number of sulfonamides is 1. The third-order valence-electron chi connectivity index (χ3n) is 4.13. The van der Waals surface area contributed by atoms with E-state index in [1.165, 1.54) is 10.5 Å². The molecule has 0 bridgehead atoms. The van der Waals surface area contributed by atoms with Gasteiger partial charge in [0.05, 0.1) is 6.20 Å². The average Bonchev–Trinajstić information content (AvgIpc) is 3.17. The maximum atomic E-state index is 13.3. The zero-order chi connectivity index (χ0) is 16.4. The first-order chi connectivity index (χ1) is 11.0. The summed E-state index contributed by atoms with van der Waals surface area (Å²) >= 11 is 0. The van der Waals surface area contributed by atoms with Crippen LogP contribution < -0.4 is 0 Å². The smallest absolute Gasteiger partial charge is 0.245 e. The van der Waals surface area contributed by atoms with Crippen molar-refractivity contribution in [3.63, 3.8) is 0 Å². The van der Waals surface area contributed by atoms with E-state index in [2.05, 4.69) is 9.97 Å². The van der Waals surface area contributed by atoms with Crippen LogP contribution in [0.15, 0.2) is 35.7 Å². The second-order valence-corrected chi connectivity index (χ2v) is 7.49. The molecule has 0 spiro atoms. The molecule has 124 valence electrons. The Morgan fingerprint density at radius 2 is 2.22 bits per heavy atom. The summed E-state index contributed by atoms with van der Waals surface area (Å²) in [5.74, 6) is 0.284. The lowest BCUT2D eigenvalue weighted by atomic mass is 10.2. The fourth-order valence-corrected chi connectivity index (χ4v) is 4.69. The highest BCUT2D eigenvalue weighted by atomic mass is 32.2. The van der Waals surface area contributed by atoms with E-state index in [0.717, 1.165) is 37.4 Å². The van der Waals surface area contributed by atoms with Crippen molar-refractivity contribution in [2.45, 2.75) is 43.7 Å². The number of halogens is 1. The van der Waals surface area contributed by atoms with Crippen LogP contribution in [0.2, 0.25) is 0 Å². The summed E-state index contributed by atoms with van der Waals surface area (Å²) < 4.78 is 42.3. The molecular weight excluding hydrogens is 319 g/mol. The van der Waals surface area contributed by atoms with Crippen LogP contribution in [-0.4, -0.2) is 39.8 Å². The number of aryl methyl sites for hydroxylation is 1. The van der Waals surface area contributed by atoms with Crippen LogP contribution in [0, 0.1) is 5.82 Å². The number of nitrogens with zero attached hydrogens (tertiary/aromatic N) is 4. The highest BCUT2D eigenvalue weighted by Gasteiger charge is 2.36. The van der Waals surface area contributed by atoms with Crippen LogP contribution in [0.3, 0.4) is 0 Å². The highest BCUT2D eigenvalue weighted by Crippen LogP contribution is 2.27. The van der Waals surface area contributed by atoms with Gasteiger partial charge in [0.2, 0.25) is 10.0 Å². The average molecular weight is 338 g/mol. The number of pyridine rings is 1. The molecule has 2 aromatic rings. The Labute approximate surface area is 135 Å². The van der Waals surface area contributed by atoms with Gasteiger partial charge in [0.1, 0.15) is 16.5 Å². The van der Waals surface area contributed by atoms with Crippen LogP contribution >= 0.6 is 0 Å². The van der Waals surface area contributed by atoms with Crippen LogP contribution in [0.5, 0.6) is 0 Å². The molecule has 0 amide bonds. The highest BCUT2D eigenvalue weighted by molar-refractivity contribution is 7.89. The second-order valence-electron chi connectivity index (χ2n) is 5.60. The van der Waals surface area contributed by atoms with Crippen molar-refractivity contribution in [1.29, 1.82) is 0 Å². The summed E-state index contributed by atoms with van der Waals surface area (Å²) in [6, 6.07) is 0.870. The van der Waals surface area contributed by atoms with Gasteiger partial charge in [-0.1, -0.05) is 6.92 Å². The van der Waals surface area contributed by atoms with Crippen molar-refractivity contribution in [3.05, 3.63) is 42.5 Å². The topological polar surface area (TPSA) is 68.1 Å². The summed E-state index contributed by atoms with van der Waals surface area (Å²) in [5, 5.41) is 0. The lowest BCUT2D eigenvalue weighted by Crippen LogP contribution is -2.38. The van der Waals surface area contributed by atoms with Crippen LogP contribution in [-0.2, 0) is 23.0 Å². The number of imidazole rings is 1. The first-order valence-electron chi connectivity index (χ1n) is 7.64. The molecule has 1 fully saturated rings. The molecule has 3 rings (SSSR count). The second kappa shape index (κ2) is 6.37. The molecule has 8 heteroatoms. The third kappa shape index (κ3) is 3.13. The minimum atomic E-state index is -3.74. The molecule has 6 nitrogen and oxygen atoms in total. The van der Waals surface area contributed by atoms with E-state index in [1.54, 1.807) is 6.20 Å². The Hall–Kier alpha value is -1.80. The Morgan fingerprint density at radius 3 is 2.96 bits per heavy atom. The fraction of sp³-hybridized carbons (Fsp3) is 0.467. The first-order valence-corrected chi connectivity index (χ1v) is 9.08. The van der Waals surface area contributed by atoms with Crippen LogP contribution in [0.25, 0.3) is 0 Å². The minimum absolute atomic E-state index is 0.0919. The SMILES string of the molecule is CCc1nccn1CC1CCCN1S(=O)(=O)c1cncc(F)c1. The molecule has 0 aromatic carbocycles. The van der Waals surface area contributed by atoms with Gasteiger partial charge in [-0.3, -0.25) is 4.98 Å². The summed E-state index contributed by atoms with van der Waals surface area (Å²) in [7, 11) is -3.74. The molecule has 0 N–H and O–H groups in total. The number of rotatable bonds is 5. The molecule has 1 aliphatic heterocycles. The van der Waals surface area contributed by atoms with Crippen molar-refractivity contribution in [2.75, 3.05) is 6.54 Å². The number of hydrogen-bond donors (Lipinski definition) is 0. The van der Waals surface area contributed by atoms with Gasteiger partial charge < -0.3 is 4.57 Å². The fourth-order valence-electron chi connectivity index (χ4n) is 3.02. The summed E-state index contributed by atoms with van der Waals surface area (Å²) in [6.45, 7) is 3.02. The molecule has 1 saturated heterocycles. The molecule has 3 heterocycles. The molecule has 2 aromatic heterocycles. The van der Waals surface area contributed by atoms with Gasteiger partial charge in [-0.2, -0.15) is 4.31 Å². The molecule has 1 atom stereocenters. The molecule has 0 saturated carbocycles. The van der Waals surface area contributed by atoms with E-state index in [9.17, 15) is 12.8 Å². The van der Waals surface area contributed by atoms with E-state index < -0.39 is 15.8 Å². The normalized spacial score (nSPS) is 19.3. The van der Waals surface area contributed by atoms with Gasteiger partial charge in [0, 0.05) is 44.1 Å². The Balaban J connectivity index is 1.86. The lowest BCUT2D eigenvalue weighted by molar-refractivity contribution is 0.348. The van der Waals surface area contributed by atoms with E-state index in [4.69, 9.17) is 0 Å². The van der Waals surface area contributed by atoms with E-state index in [0.29, 0.717) is 13.1 Å². The molecule has 0 aliphatic carbocycles. The van der Waals surface area contributed by atoms with Crippen molar-refractivity contribution < 1.29 is 12.8 Å². The Kier molecular flexibility index (Phi) is 4.45. The number of hydrogen-bond acceptors (Lipinski definition) is 4. The van der Waals surface area contributed by atoms with E-state index in [1.807, 2.05) is 17.7 Å². The zero-order valence-corrected chi connectivity index (χ0v) is 13.7. The van der Waals surface area contributed by atoms with Gasteiger partial charge >= 0.3 is 0 Å². The van der Waals surface area contributed by atoms with Crippen molar-refractivity contribution in [1.82, 2.24) is 18.8 Å². The van der Waals surface area contributed by atoms with Gasteiger partial charge in [-0.25, -0.2) is 17.8 Å². The summed E-state index contributed by atoms with van der Waals surface area (Å²) in [6.07, 6.45) is 8.16. The predicted octanol–water partition coefficient (Wildman–Crippen LogP) is 1.83. The molecule has 23 heavy (non-hydrogen) atoms. The Morgan fingerprint density at radius 1 is 1.39 bits per heavy atom. The largest absolute Gasteiger partial charge is 0.333 e. The maximum absolute atomic E-state index is 13.3. The standard InChI is InChI=1S/C15H19FN4O2S/c1-2-15-18-5-7-19(15)11-13-4-3-6-20(13)23(21,22)14-8-12(16)9-17-10-14/h5,7-10,13H,2-4,6,11H2,1H3. The summed E-state index contributed by atoms with van der Waals surface area (Å²) in [4.78, 5) is 7.83. The summed E-state index contributed by atoms with van der Waals surface area (Å²) in [5.41, 5.74) is 0. The van der Waals surface area contributed by atoms with E-state index >= 15 is 0 Å². The van der Waals surface area contributed by atoms with Crippen molar-refractivity contribution in [2.24, 2.45) is 0 Å². The van der Waals surface area contributed by atoms with Crippen LogP contribution in [0.4, 0.5) is 4.39 Å². The number of aromatic nitrogens is 3. The maximum Gasteiger partial charge on any atom is 0.245 e. The van der Waals surface area contributed by atoms with Gasteiger partial charge in [-0.05, 0) is 18.9 Å². The van der Waals surface area contributed by atoms with Gasteiger partial charge in [0.25, 0.3) is 0 Å². The molecule has 1 unspecified atom stereocenters. The van der Waals surface area contributed by atoms with Crippen molar-refractivity contribution >= 4 is 10.0 Å². The Bertz CT molecular complexity index is 790. The predicted molar refractivity (Wildman–Crippen MR) is 82.7 cm³/mol. The molecule has 0 radical (unpaired) electrons. The van der Waals surface area contributed by atoms with Crippen LogP contribution in [0.1, 0.15) is 25.6 Å². The lowest BCUT2D eigenvalue weighted by Gasteiger charge is -2.24. The van der Waals surface area contributed by atoms with E-state index in [-0.39, 0.29) is 10.9 Å². The zero-order valence-electron chi connectivity index (χ0n) is 12.9.